The van der Waals surface area contributed by atoms with Crippen molar-refractivity contribution in [2.45, 2.75) is 58.0 Å². The van der Waals surface area contributed by atoms with Crippen LogP contribution >= 0.6 is 0 Å². The Kier molecular flexibility index (Phi) is 5.13. The van der Waals surface area contributed by atoms with E-state index in [1.54, 1.807) is 0 Å². The second-order valence-corrected chi connectivity index (χ2v) is 8.14. The van der Waals surface area contributed by atoms with E-state index in [2.05, 4.69) is 47.3 Å². The van der Waals surface area contributed by atoms with Gasteiger partial charge in [0.25, 0.3) is 0 Å². The summed E-state index contributed by atoms with van der Waals surface area (Å²) in [6.45, 7) is 10.6. The van der Waals surface area contributed by atoms with E-state index in [0.29, 0.717) is 19.4 Å². The minimum atomic E-state index is -0.319. The number of aromatic amines is 1. The summed E-state index contributed by atoms with van der Waals surface area (Å²) in [7, 11) is 0. The fourth-order valence-corrected chi connectivity index (χ4v) is 3.44. The van der Waals surface area contributed by atoms with Crippen molar-refractivity contribution in [2.75, 3.05) is 26.2 Å². The van der Waals surface area contributed by atoms with Gasteiger partial charge in [0.1, 0.15) is 6.04 Å². The molecule has 1 aromatic rings. The summed E-state index contributed by atoms with van der Waals surface area (Å²) in [4.78, 5) is 28.2. The van der Waals surface area contributed by atoms with E-state index in [9.17, 15) is 9.59 Å². The molecule has 2 N–H and O–H groups in total. The fourth-order valence-electron chi connectivity index (χ4n) is 3.44. The summed E-state index contributed by atoms with van der Waals surface area (Å²) < 4.78 is 0. The highest BCUT2D eigenvalue weighted by Gasteiger charge is 2.31. The maximum absolute atomic E-state index is 12.6. The molecule has 0 spiro atoms. The Hall–Kier alpha value is -1.89. The summed E-state index contributed by atoms with van der Waals surface area (Å²) in [6.07, 6.45) is 2.04. The van der Waals surface area contributed by atoms with Crippen LogP contribution < -0.4 is 5.32 Å². The third-order valence-corrected chi connectivity index (χ3v) is 4.99. The Morgan fingerprint density at radius 1 is 1.28 bits per heavy atom. The maximum Gasteiger partial charge on any atom is 0.245 e. The van der Waals surface area contributed by atoms with E-state index in [0.717, 1.165) is 44.0 Å². The first-order valence-electron chi connectivity index (χ1n) is 9.18. The van der Waals surface area contributed by atoms with Gasteiger partial charge in [0.2, 0.25) is 11.8 Å². The van der Waals surface area contributed by atoms with E-state index in [1.165, 1.54) is 0 Å². The molecule has 1 atom stereocenters. The Morgan fingerprint density at radius 3 is 2.72 bits per heavy atom. The summed E-state index contributed by atoms with van der Waals surface area (Å²) in [5.74, 6) is 0.0629. The van der Waals surface area contributed by atoms with E-state index >= 15 is 0 Å². The monoisotopic (exact) mass is 347 g/mol. The molecule has 7 heteroatoms. The van der Waals surface area contributed by atoms with Crippen molar-refractivity contribution >= 4 is 11.8 Å². The minimum absolute atomic E-state index is 0.0105. The van der Waals surface area contributed by atoms with Crippen LogP contribution in [0.15, 0.2) is 6.07 Å². The first kappa shape index (κ1) is 17.9. The van der Waals surface area contributed by atoms with Gasteiger partial charge in [0.05, 0.1) is 5.69 Å². The van der Waals surface area contributed by atoms with E-state index in [4.69, 9.17) is 0 Å². The predicted octanol–water partition coefficient (Wildman–Crippen LogP) is 1.02. The number of H-pyrrole nitrogens is 1. The van der Waals surface area contributed by atoms with Gasteiger partial charge in [0, 0.05) is 50.3 Å². The Bertz CT molecular complexity index is 634. The van der Waals surface area contributed by atoms with Gasteiger partial charge < -0.3 is 10.2 Å². The van der Waals surface area contributed by atoms with Gasteiger partial charge in [-0.15, -0.1) is 0 Å². The predicted molar refractivity (Wildman–Crippen MR) is 94.9 cm³/mol. The van der Waals surface area contributed by atoms with Gasteiger partial charge in [-0.25, -0.2) is 0 Å². The summed E-state index contributed by atoms with van der Waals surface area (Å²) in [5, 5.41) is 10.3. The van der Waals surface area contributed by atoms with Crippen LogP contribution in [0.5, 0.6) is 0 Å². The Balaban J connectivity index is 1.54. The average Bonchev–Trinajstić information content (AvgIpc) is 3.12. The molecule has 1 unspecified atom stereocenters. The van der Waals surface area contributed by atoms with Crippen LogP contribution in [0.4, 0.5) is 0 Å². The second kappa shape index (κ2) is 7.15. The lowest BCUT2D eigenvalue weighted by atomic mass is 9.92. The highest BCUT2D eigenvalue weighted by Crippen LogP contribution is 2.21. The van der Waals surface area contributed by atoms with Crippen molar-refractivity contribution in [3.8, 4) is 0 Å². The molecule has 2 fully saturated rings. The molecule has 0 bridgehead atoms. The zero-order valence-electron chi connectivity index (χ0n) is 15.5. The van der Waals surface area contributed by atoms with Crippen LogP contribution in [-0.4, -0.2) is 64.0 Å². The van der Waals surface area contributed by atoms with Gasteiger partial charge in [-0.05, 0) is 18.9 Å². The van der Waals surface area contributed by atoms with Crippen molar-refractivity contribution in [1.82, 2.24) is 25.3 Å². The normalized spacial score (nSPS) is 22.8. The topological polar surface area (TPSA) is 81.3 Å². The number of aromatic nitrogens is 2. The maximum atomic E-state index is 12.6. The van der Waals surface area contributed by atoms with Crippen LogP contribution in [0, 0.1) is 0 Å². The molecular formula is C18H29N5O2. The number of hydrogen-bond acceptors (Lipinski definition) is 4. The fraction of sp³-hybridized carbons (Fsp3) is 0.722. The Morgan fingerprint density at radius 2 is 2.08 bits per heavy atom. The molecule has 7 nitrogen and oxygen atoms in total. The van der Waals surface area contributed by atoms with Crippen LogP contribution in [0.2, 0.25) is 0 Å². The molecule has 3 heterocycles. The number of hydrogen-bond donors (Lipinski definition) is 2. The largest absolute Gasteiger partial charge is 0.344 e. The van der Waals surface area contributed by atoms with Crippen molar-refractivity contribution < 1.29 is 9.59 Å². The van der Waals surface area contributed by atoms with Crippen LogP contribution in [0.25, 0.3) is 0 Å². The minimum Gasteiger partial charge on any atom is -0.344 e. The third-order valence-electron chi connectivity index (χ3n) is 4.99. The lowest BCUT2D eigenvalue weighted by Crippen LogP contribution is -2.45. The van der Waals surface area contributed by atoms with Crippen molar-refractivity contribution in [3.05, 3.63) is 17.5 Å². The molecule has 0 aliphatic carbocycles. The standard InChI is InChI=1S/C18H29N5O2/c1-18(2,3)15-11-13(20-21-15)12-22-7-4-8-23(10-9-22)17(25)14-5-6-16(24)19-14/h11,14H,4-10,12H2,1-3H3,(H,19,24)(H,20,21). The summed E-state index contributed by atoms with van der Waals surface area (Å²) >= 11 is 0. The van der Waals surface area contributed by atoms with Gasteiger partial charge in [-0.3, -0.25) is 19.6 Å². The molecule has 0 radical (unpaired) electrons. The second-order valence-electron chi connectivity index (χ2n) is 8.14. The molecular weight excluding hydrogens is 318 g/mol. The number of nitrogens with one attached hydrogen (secondary N) is 2. The molecule has 2 saturated heterocycles. The van der Waals surface area contributed by atoms with Crippen LogP contribution in [0.3, 0.4) is 0 Å². The molecule has 138 valence electrons. The first-order chi connectivity index (χ1) is 11.8. The van der Waals surface area contributed by atoms with Crippen LogP contribution in [0.1, 0.15) is 51.4 Å². The summed E-state index contributed by atoms with van der Waals surface area (Å²) in [5.41, 5.74) is 2.24. The number of rotatable bonds is 3. The van der Waals surface area contributed by atoms with Gasteiger partial charge in [0.15, 0.2) is 0 Å². The molecule has 0 saturated carbocycles. The zero-order chi connectivity index (χ0) is 18.0. The van der Waals surface area contributed by atoms with Gasteiger partial charge in [-0.2, -0.15) is 5.10 Å². The molecule has 1 aromatic heterocycles. The number of carbonyl (C=O) groups is 2. The third kappa shape index (κ3) is 4.39. The number of nitrogens with zero attached hydrogens (tertiary/aromatic N) is 3. The lowest BCUT2D eigenvalue weighted by molar-refractivity contribution is -0.134. The Labute approximate surface area is 149 Å². The smallest absolute Gasteiger partial charge is 0.245 e. The zero-order valence-corrected chi connectivity index (χ0v) is 15.5. The van der Waals surface area contributed by atoms with Crippen molar-refractivity contribution in [1.29, 1.82) is 0 Å². The molecule has 2 amide bonds. The van der Waals surface area contributed by atoms with Crippen molar-refractivity contribution in [2.24, 2.45) is 0 Å². The number of amides is 2. The highest BCUT2D eigenvalue weighted by atomic mass is 16.2. The summed E-state index contributed by atoms with van der Waals surface area (Å²) in [6, 6.07) is 1.82. The number of carbonyl (C=O) groups excluding carboxylic acids is 2. The first-order valence-corrected chi connectivity index (χ1v) is 9.18. The van der Waals surface area contributed by atoms with E-state index < -0.39 is 0 Å². The van der Waals surface area contributed by atoms with Crippen LogP contribution in [-0.2, 0) is 21.5 Å². The highest BCUT2D eigenvalue weighted by molar-refractivity contribution is 5.90. The van der Waals surface area contributed by atoms with Gasteiger partial charge in [-0.1, -0.05) is 20.8 Å². The molecule has 25 heavy (non-hydrogen) atoms. The van der Waals surface area contributed by atoms with E-state index in [-0.39, 0.29) is 23.3 Å². The molecule has 3 rings (SSSR count). The quantitative estimate of drug-likeness (QED) is 0.855. The SMILES string of the molecule is CC(C)(C)c1cc(CN2CCCN(C(=O)C3CCC(=O)N3)CC2)[nH]n1. The molecule has 0 aromatic carbocycles. The average molecular weight is 347 g/mol. The lowest BCUT2D eigenvalue weighted by Gasteiger charge is -2.24. The van der Waals surface area contributed by atoms with Crippen molar-refractivity contribution in [3.63, 3.8) is 0 Å². The molecule has 2 aliphatic rings. The molecule has 2 aliphatic heterocycles. The van der Waals surface area contributed by atoms with E-state index in [1.807, 2.05) is 4.90 Å². The van der Waals surface area contributed by atoms with Gasteiger partial charge >= 0.3 is 0 Å².